The fourth-order valence-electron chi connectivity index (χ4n) is 1.88. The van der Waals surface area contributed by atoms with Crippen molar-refractivity contribution in [1.29, 1.82) is 0 Å². The molecule has 4 heteroatoms. The molecule has 100 valence electrons. The van der Waals surface area contributed by atoms with Crippen LogP contribution >= 0.6 is 0 Å². The predicted octanol–water partition coefficient (Wildman–Crippen LogP) is 3.59. The lowest BCUT2D eigenvalue weighted by atomic mass is 10.0. The second kappa shape index (κ2) is 5.33. The van der Waals surface area contributed by atoms with Crippen LogP contribution in [0.25, 0.3) is 0 Å². The van der Waals surface area contributed by atoms with Crippen LogP contribution in [0.5, 0.6) is 0 Å². The molecule has 0 heterocycles. The van der Waals surface area contributed by atoms with E-state index >= 15 is 0 Å². The summed E-state index contributed by atoms with van der Waals surface area (Å²) in [5.74, 6) is 0. The van der Waals surface area contributed by atoms with E-state index in [1.807, 2.05) is 19.9 Å². The van der Waals surface area contributed by atoms with E-state index in [9.17, 15) is 8.78 Å². The van der Waals surface area contributed by atoms with Crippen LogP contribution < -0.4 is 5.32 Å². The molecule has 18 heavy (non-hydrogen) atoms. The molecule has 0 aromatic heterocycles. The van der Waals surface area contributed by atoms with Gasteiger partial charge in [-0.1, -0.05) is 25.1 Å². The van der Waals surface area contributed by atoms with Gasteiger partial charge in [0.2, 0.25) is 0 Å². The maximum atomic E-state index is 13.8. The van der Waals surface area contributed by atoms with E-state index in [0.717, 1.165) is 24.9 Å². The average molecular weight is 255 g/mol. The molecule has 0 aliphatic heterocycles. The Balaban J connectivity index is 2.14. The summed E-state index contributed by atoms with van der Waals surface area (Å²) in [5, 5.41) is 3.21. The number of nitrogens with one attached hydrogen (secondary N) is 1. The highest BCUT2D eigenvalue weighted by molar-refractivity contribution is 5.27. The molecule has 1 fully saturated rings. The Bertz CT molecular complexity index is 405. The minimum Gasteiger partial charge on any atom is -0.313 e. The topological polar surface area (TPSA) is 21.3 Å². The van der Waals surface area contributed by atoms with Crippen molar-refractivity contribution in [3.8, 4) is 0 Å². The molecule has 0 unspecified atom stereocenters. The van der Waals surface area contributed by atoms with Gasteiger partial charge in [-0.3, -0.25) is 0 Å². The van der Waals surface area contributed by atoms with Crippen molar-refractivity contribution in [2.24, 2.45) is 0 Å². The predicted molar refractivity (Wildman–Crippen MR) is 66.5 cm³/mol. The van der Waals surface area contributed by atoms with Crippen molar-refractivity contribution < 1.29 is 13.5 Å². The number of ether oxygens (including phenoxy) is 1. The monoisotopic (exact) mass is 255 g/mol. The summed E-state index contributed by atoms with van der Waals surface area (Å²) in [6.45, 7) is 4.76. The van der Waals surface area contributed by atoms with Gasteiger partial charge < -0.3 is 10.1 Å². The van der Waals surface area contributed by atoms with E-state index in [1.165, 1.54) is 12.1 Å². The van der Waals surface area contributed by atoms with Gasteiger partial charge in [0.15, 0.2) is 0 Å². The first-order valence-corrected chi connectivity index (χ1v) is 6.42. The molecule has 1 aliphatic carbocycles. The van der Waals surface area contributed by atoms with Crippen LogP contribution in [0.4, 0.5) is 8.78 Å². The first-order chi connectivity index (χ1) is 8.53. The average Bonchev–Trinajstić information content (AvgIpc) is 3.13. The number of hydrogen-bond donors (Lipinski definition) is 1. The Labute approximate surface area is 106 Å². The molecule has 0 radical (unpaired) electrons. The maximum Gasteiger partial charge on any atom is 0.383 e. The molecule has 1 aliphatic rings. The lowest BCUT2D eigenvalue weighted by Gasteiger charge is -2.19. The van der Waals surface area contributed by atoms with Crippen LogP contribution in [0, 0.1) is 0 Å². The Hall–Kier alpha value is -1.00. The molecule has 0 spiro atoms. The summed E-state index contributed by atoms with van der Waals surface area (Å²) < 4.78 is 32.4. The second-order valence-electron chi connectivity index (χ2n) is 4.74. The number of halogens is 2. The highest BCUT2D eigenvalue weighted by Gasteiger charge is 2.40. The van der Waals surface area contributed by atoms with Crippen LogP contribution in [0.15, 0.2) is 24.3 Å². The molecule has 1 saturated carbocycles. The normalized spacial score (nSPS) is 17.8. The van der Waals surface area contributed by atoms with Gasteiger partial charge in [0.05, 0.1) is 11.7 Å². The van der Waals surface area contributed by atoms with Crippen molar-refractivity contribution in [3.63, 3.8) is 0 Å². The zero-order chi connectivity index (χ0) is 13.2. The lowest BCUT2D eigenvalue weighted by molar-refractivity contribution is -0.255. The lowest BCUT2D eigenvalue weighted by Crippen LogP contribution is -2.21. The SMILES string of the molecule is CCN[C@H](C)c1cccc(C(F)(F)OC2CC2)c1. The van der Waals surface area contributed by atoms with Gasteiger partial charge in [-0.05, 0) is 37.9 Å². The number of rotatable bonds is 6. The molecule has 1 aromatic rings. The van der Waals surface area contributed by atoms with Crippen LogP contribution in [0.1, 0.15) is 43.9 Å². The Morgan fingerprint density at radius 3 is 2.78 bits per heavy atom. The zero-order valence-electron chi connectivity index (χ0n) is 10.7. The number of alkyl halides is 2. The van der Waals surface area contributed by atoms with Gasteiger partial charge in [0, 0.05) is 6.04 Å². The minimum atomic E-state index is -3.18. The van der Waals surface area contributed by atoms with E-state index in [2.05, 4.69) is 5.32 Å². The molecule has 1 atom stereocenters. The first kappa shape index (κ1) is 13.4. The summed E-state index contributed by atoms with van der Waals surface area (Å²) in [6.07, 6.45) is -1.97. The molecule has 2 nitrogen and oxygen atoms in total. The minimum absolute atomic E-state index is 0.0587. The van der Waals surface area contributed by atoms with E-state index in [0.29, 0.717) is 0 Å². The van der Waals surface area contributed by atoms with Crippen LogP contribution in [0.2, 0.25) is 0 Å². The van der Waals surface area contributed by atoms with E-state index in [-0.39, 0.29) is 17.7 Å². The molecule has 2 rings (SSSR count). The van der Waals surface area contributed by atoms with Gasteiger partial charge >= 0.3 is 6.11 Å². The van der Waals surface area contributed by atoms with Gasteiger partial charge in [-0.25, -0.2) is 0 Å². The summed E-state index contributed by atoms with van der Waals surface area (Å²) in [6, 6.07) is 6.51. The molecular formula is C14H19F2NO. The van der Waals surface area contributed by atoms with Gasteiger partial charge in [-0.15, -0.1) is 0 Å². The third-order valence-corrected chi connectivity index (χ3v) is 3.07. The quantitative estimate of drug-likeness (QED) is 0.838. The molecule has 0 bridgehead atoms. The van der Waals surface area contributed by atoms with Gasteiger partial charge in [-0.2, -0.15) is 8.78 Å². The standard InChI is InChI=1S/C14H19F2NO/c1-3-17-10(2)11-5-4-6-12(9-11)14(15,16)18-13-7-8-13/h4-6,9-10,13,17H,3,7-8H2,1-2H3/t10-/m1/s1. The third-order valence-electron chi connectivity index (χ3n) is 3.07. The summed E-state index contributed by atoms with van der Waals surface area (Å²) in [5.41, 5.74) is 0.796. The van der Waals surface area contributed by atoms with E-state index < -0.39 is 6.11 Å². The summed E-state index contributed by atoms with van der Waals surface area (Å²) in [4.78, 5) is 0. The maximum absolute atomic E-state index is 13.8. The van der Waals surface area contributed by atoms with Crippen molar-refractivity contribution in [2.45, 2.75) is 44.9 Å². The first-order valence-electron chi connectivity index (χ1n) is 6.42. The third kappa shape index (κ3) is 3.27. The van der Waals surface area contributed by atoms with Crippen molar-refractivity contribution in [2.75, 3.05) is 6.54 Å². The smallest absolute Gasteiger partial charge is 0.313 e. The Kier molecular flexibility index (Phi) is 3.97. The highest BCUT2D eigenvalue weighted by atomic mass is 19.3. The van der Waals surface area contributed by atoms with E-state index in [1.54, 1.807) is 6.07 Å². The summed E-state index contributed by atoms with van der Waals surface area (Å²) >= 11 is 0. The molecule has 0 saturated heterocycles. The van der Waals surface area contributed by atoms with Crippen molar-refractivity contribution in [1.82, 2.24) is 5.32 Å². The largest absolute Gasteiger partial charge is 0.383 e. The van der Waals surface area contributed by atoms with E-state index in [4.69, 9.17) is 4.74 Å². The zero-order valence-corrected chi connectivity index (χ0v) is 10.7. The molecular weight excluding hydrogens is 236 g/mol. The second-order valence-corrected chi connectivity index (χ2v) is 4.74. The fraction of sp³-hybridized carbons (Fsp3) is 0.571. The number of hydrogen-bond acceptors (Lipinski definition) is 2. The van der Waals surface area contributed by atoms with Crippen LogP contribution in [-0.4, -0.2) is 12.6 Å². The van der Waals surface area contributed by atoms with Crippen LogP contribution in [0.3, 0.4) is 0 Å². The highest BCUT2D eigenvalue weighted by Crippen LogP contribution is 2.38. The van der Waals surface area contributed by atoms with Crippen molar-refractivity contribution >= 4 is 0 Å². The Morgan fingerprint density at radius 1 is 1.44 bits per heavy atom. The summed E-state index contributed by atoms with van der Waals surface area (Å²) in [7, 11) is 0. The molecule has 1 N–H and O–H groups in total. The van der Waals surface area contributed by atoms with Crippen molar-refractivity contribution in [3.05, 3.63) is 35.4 Å². The Morgan fingerprint density at radius 2 is 2.17 bits per heavy atom. The molecule has 1 aromatic carbocycles. The fourth-order valence-corrected chi connectivity index (χ4v) is 1.88. The number of benzene rings is 1. The van der Waals surface area contributed by atoms with Gasteiger partial charge in [0.25, 0.3) is 0 Å². The van der Waals surface area contributed by atoms with Gasteiger partial charge in [0.1, 0.15) is 0 Å². The molecule has 0 amide bonds. The van der Waals surface area contributed by atoms with Crippen LogP contribution in [-0.2, 0) is 10.8 Å².